The number of ether oxygens (including phenoxy) is 2. The highest BCUT2D eigenvalue weighted by atomic mass is 127. The fourth-order valence-corrected chi connectivity index (χ4v) is 3.18. The van der Waals surface area contributed by atoms with E-state index >= 15 is 0 Å². The molecule has 9 heteroatoms. The molecule has 138 valence electrons. The summed E-state index contributed by atoms with van der Waals surface area (Å²) in [5.41, 5.74) is 0.836. The summed E-state index contributed by atoms with van der Waals surface area (Å²) >= 11 is 1.64. The lowest BCUT2D eigenvalue weighted by Gasteiger charge is -2.36. The van der Waals surface area contributed by atoms with Crippen molar-refractivity contribution in [3.8, 4) is 0 Å². The van der Waals surface area contributed by atoms with Crippen LogP contribution in [0.3, 0.4) is 0 Å². The quantitative estimate of drug-likeness (QED) is 0.376. The van der Waals surface area contributed by atoms with Crippen LogP contribution in [-0.4, -0.2) is 64.6 Å². The van der Waals surface area contributed by atoms with E-state index in [-0.39, 0.29) is 29.6 Å². The Bertz CT molecular complexity index is 518. The Morgan fingerprint density at radius 3 is 2.67 bits per heavy atom. The number of methoxy groups -OCH3 is 1. The maximum Gasteiger partial charge on any atom is 0.191 e. The third-order valence-corrected chi connectivity index (χ3v) is 5.05. The van der Waals surface area contributed by atoms with Gasteiger partial charge in [0.25, 0.3) is 0 Å². The zero-order chi connectivity index (χ0) is 16.7. The Hall–Kier alpha value is -0.650. The number of halogens is 1. The molecule has 0 radical (unpaired) electrons. The van der Waals surface area contributed by atoms with Gasteiger partial charge < -0.3 is 25.0 Å². The molecule has 0 bridgehead atoms. The third kappa shape index (κ3) is 6.01. The first kappa shape index (κ1) is 21.4. The molecule has 1 fully saturated rings. The maximum atomic E-state index is 5.72. The molecule has 2 heterocycles. The predicted octanol–water partition coefficient (Wildman–Crippen LogP) is 1.69. The van der Waals surface area contributed by atoms with Crippen molar-refractivity contribution < 1.29 is 9.47 Å². The minimum Gasteiger partial charge on any atom is -0.381 e. The van der Waals surface area contributed by atoms with Gasteiger partial charge in [0.15, 0.2) is 11.1 Å². The number of rotatable bonds is 6. The first-order valence-corrected chi connectivity index (χ1v) is 8.66. The van der Waals surface area contributed by atoms with Gasteiger partial charge in [0, 0.05) is 66.2 Å². The van der Waals surface area contributed by atoms with Crippen LogP contribution in [0.4, 0.5) is 5.13 Å². The van der Waals surface area contributed by atoms with Gasteiger partial charge in [0.05, 0.1) is 17.8 Å². The first-order chi connectivity index (χ1) is 11.1. The molecule has 0 saturated carbocycles. The second kappa shape index (κ2) is 10.4. The van der Waals surface area contributed by atoms with Gasteiger partial charge in [0.1, 0.15) is 0 Å². The van der Waals surface area contributed by atoms with Crippen LogP contribution in [0.25, 0.3) is 0 Å². The van der Waals surface area contributed by atoms with Crippen LogP contribution >= 0.6 is 35.3 Å². The van der Waals surface area contributed by atoms with Gasteiger partial charge in [-0.2, -0.15) is 0 Å². The van der Waals surface area contributed by atoms with Gasteiger partial charge in [-0.15, -0.1) is 35.3 Å². The maximum absolute atomic E-state index is 5.72. The number of guanidine groups is 1. The van der Waals surface area contributed by atoms with Crippen LogP contribution in [0.5, 0.6) is 0 Å². The Morgan fingerprint density at radius 1 is 1.42 bits per heavy atom. The monoisotopic (exact) mass is 469 g/mol. The van der Waals surface area contributed by atoms with Gasteiger partial charge in [0.2, 0.25) is 0 Å². The second-order valence-corrected chi connectivity index (χ2v) is 6.63. The summed E-state index contributed by atoms with van der Waals surface area (Å²) in [5.74, 6) is 0.757. The van der Waals surface area contributed by atoms with E-state index in [1.54, 1.807) is 25.5 Å². The number of anilines is 1. The van der Waals surface area contributed by atoms with Crippen molar-refractivity contribution >= 4 is 46.4 Å². The summed E-state index contributed by atoms with van der Waals surface area (Å²) in [7, 11) is 7.52. The lowest BCUT2D eigenvalue weighted by molar-refractivity contribution is -0.0855. The van der Waals surface area contributed by atoms with Crippen molar-refractivity contribution in [3.05, 3.63) is 11.1 Å². The molecule has 2 N–H and O–H groups in total. The van der Waals surface area contributed by atoms with Gasteiger partial charge >= 0.3 is 0 Å². The molecule has 1 aliphatic heterocycles. The molecule has 0 atom stereocenters. The third-order valence-electron chi connectivity index (χ3n) is 4.00. The van der Waals surface area contributed by atoms with Gasteiger partial charge in [-0.1, -0.05) is 0 Å². The standard InChI is InChI=1S/C15H27N5O2S.HI/c1-16-13(17-9-12-10-23-14(19-12)20(2)3)18-11-15(21-4)5-7-22-8-6-15;/h10H,5-9,11H2,1-4H3,(H2,16,17,18);1H. The minimum atomic E-state index is -0.172. The van der Waals surface area contributed by atoms with Gasteiger partial charge in [-0.25, -0.2) is 4.98 Å². The summed E-state index contributed by atoms with van der Waals surface area (Å²) in [4.78, 5) is 10.8. The topological polar surface area (TPSA) is 71.0 Å². The van der Waals surface area contributed by atoms with Crippen LogP contribution in [0, 0.1) is 0 Å². The molecule has 1 aliphatic rings. The van der Waals surface area contributed by atoms with E-state index in [0.29, 0.717) is 13.1 Å². The number of nitrogens with zero attached hydrogens (tertiary/aromatic N) is 3. The largest absolute Gasteiger partial charge is 0.381 e. The van der Waals surface area contributed by atoms with Gasteiger partial charge in [-0.3, -0.25) is 4.99 Å². The summed E-state index contributed by atoms with van der Waals surface area (Å²) < 4.78 is 11.1. The van der Waals surface area contributed by atoms with E-state index in [9.17, 15) is 0 Å². The van der Waals surface area contributed by atoms with E-state index in [1.165, 1.54) is 0 Å². The number of thiazole rings is 1. The molecular formula is C15H28IN5O2S. The highest BCUT2D eigenvalue weighted by Gasteiger charge is 2.32. The average molecular weight is 469 g/mol. The van der Waals surface area contributed by atoms with Crippen LogP contribution in [0.1, 0.15) is 18.5 Å². The average Bonchev–Trinajstić information content (AvgIpc) is 3.05. The van der Waals surface area contributed by atoms with E-state index < -0.39 is 0 Å². The molecule has 2 rings (SSSR count). The van der Waals surface area contributed by atoms with Crippen molar-refractivity contribution in [1.82, 2.24) is 15.6 Å². The highest BCUT2D eigenvalue weighted by molar-refractivity contribution is 14.0. The Kier molecular flexibility index (Phi) is 9.24. The Morgan fingerprint density at radius 2 is 2.12 bits per heavy atom. The molecule has 0 unspecified atom stereocenters. The van der Waals surface area contributed by atoms with E-state index in [0.717, 1.165) is 42.8 Å². The Labute approximate surface area is 165 Å². The molecule has 0 spiro atoms. The highest BCUT2D eigenvalue weighted by Crippen LogP contribution is 2.23. The number of hydrogen-bond donors (Lipinski definition) is 2. The van der Waals surface area contributed by atoms with E-state index in [2.05, 4.69) is 26.0 Å². The fourth-order valence-electron chi connectivity index (χ4n) is 2.42. The van der Waals surface area contributed by atoms with Crippen molar-refractivity contribution in [2.75, 3.05) is 52.9 Å². The van der Waals surface area contributed by atoms with Crippen LogP contribution in [0.2, 0.25) is 0 Å². The molecule has 0 amide bonds. The van der Waals surface area contributed by atoms with E-state index in [1.807, 2.05) is 19.0 Å². The second-order valence-electron chi connectivity index (χ2n) is 5.79. The number of nitrogens with one attached hydrogen (secondary N) is 2. The molecule has 0 aromatic carbocycles. The lowest BCUT2D eigenvalue weighted by atomic mass is 9.94. The Balaban J connectivity index is 0.00000288. The lowest BCUT2D eigenvalue weighted by Crippen LogP contribution is -2.50. The smallest absolute Gasteiger partial charge is 0.191 e. The molecule has 1 saturated heterocycles. The summed E-state index contributed by atoms with van der Waals surface area (Å²) in [6, 6.07) is 0. The molecule has 24 heavy (non-hydrogen) atoms. The zero-order valence-electron chi connectivity index (χ0n) is 14.8. The van der Waals surface area contributed by atoms with E-state index in [4.69, 9.17) is 9.47 Å². The minimum absolute atomic E-state index is 0. The summed E-state index contributed by atoms with van der Waals surface area (Å²) in [5, 5.41) is 9.72. The summed E-state index contributed by atoms with van der Waals surface area (Å²) in [6.07, 6.45) is 1.79. The van der Waals surface area contributed by atoms with Gasteiger partial charge in [-0.05, 0) is 0 Å². The summed E-state index contributed by atoms with van der Waals surface area (Å²) in [6.45, 7) is 2.85. The van der Waals surface area contributed by atoms with Crippen molar-refractivity contribution in [1.29, 1.82) is 0 Å². The first-order valence-electron chi connectivity index (χ1n) is 7.78. The molecule has 1 aromatic rings. The zero-order valence-corrected chi connectivity index (χ0v) is 17.9. The van der Waals surface area contributed by atoms with Crippen LogP contribution < -0.4 is 15.5 Å². The van der Waals surface area contributed by atoms with Crippen LogP contribution in [-0.2, 0) is 16.0 Å². The van der Waals surface area contributed by atoms with Crippen molar-refractivity contribution in [2.24, 2.45) is 4.99 Å². The predicted molar refractivity (Wildman–Crippen MR) is 110 cm³/mol. The molecular weight excluding hydrogens is 441 g/mol. The SMILES string of the molecule is CN=C(NCc1csc(N(C)C)n1)NCC1(OC)CCOCC1.I. The normalized spacial score (nSPS) is 17.1. The molecule has 7 nitrogen and oxygen atoms in total. The number of hydrogen-bond acceptors (Lipinski definition) is 6. The van der Waals surface area contributed by atoms with Crippen molar-refractivity contribution in [3.63, 3.8) is 0 Å². The number of aliphatic imine (C=N–C) groups is 1. The van der Waals surface area contributed by atoms with Crippen LogP contribution in [0.15, 0.2) is 10.4 Å². The fraction of sp³-hybridized carbons (Fsp3) is 0.733. The molecule has 0 aliphatic carbocycles. The molecule has 1 aromatic heterocycles. The number of aromatic nitrogens is 1. The van der Waals surface area contributed by atoms with Crippen molar-refractivity contribution in [2.45, 2.75) is 25.0 Å².